The second-order valence-electron chi connectivity index (χ2n) is 7.87. The van der Waals surface area contributed by atoms with E-state index in [1.807, 2.05) is 6.07 Å². The van der Waals surface area contributed by atoms with Gasteiger partial charge in [0.1, 0.15) is 0 Å². The van der Waals surface area contributed by atoms with Crippen molar-refractivity contribution in [1.29, 1.82) is 0 Å². The molecule has 5 nitrogen and oxygen atoms in total. The number of hydrogen-bond donors (Lipinski definition) is 1. The van der Waals surface area contributed by atoms with Gasteiger partial charge < -0.3 is 15.4 Å². The van der Waals surface area contributed by atoms with Gasteiger partial charge >= 0.3 is 6.09 Å². The van der Waals surface area contributed by atoms with Crippen LogP contribution in [0, 0.1) is 11.3 Å². The first-order valence-electron chi connectivity index (χ1n) is 8.66. The van der Waals surface area contributed by atoms with Crippen molar-refractivity contribution >= 4 is 6.09 Å². The Morgan fingerprint density at radius 1 is 1.29 bits per heavy atom. The summed E-state index contributed by atoms with van der Waals surface area (Å²) in [6.45, 7) is 11.0. The number of primary amides is 1. The van der Waals surface area contributed by atoms with E-state index in [4.69, 9.17) is 10.5 Å². The van der Waals surface area contributed by atoms with Gasteiger partial charge in [0.2, 0.25) is 0 Å². The molecule has 1 heterocycles. The standard InChI is InChI=1S/C19H31N3O2/c1-19(2,3)16(14-24-18(20)23)17-13-22(11-10-21(17)4)12-15-8-6-5-7-9-15/h5-9,16-17H,10-14H2,1-4H3,(H2,20,23)/t16?,17-/m0/s1. The van der Waals surface area contributed by atoms with E-state index in [9.17, 15) is 4.79 Å². The highest BCUT2D eigenvalue weighted by molar-refractivity contribution is 5.64. The van der Waals surface area contributed by atoms with Gasteiger partial charge in [0.15, 0.2) is 0 Å². The number of carbonyl (C=O) groups excluding carboxylic acids is 1. The number of nitrogens with two attached hydrogens (primary N) is 1. The molecule has 1 aromatic rings. The monoisotopic (exact) mass is 333 g/mol. The van der Waals surface area contributed by atoms with Crippen molar-refractivity contribution in [3.8, 4) is 0 Å². The predicted octanol–water partition coefficient (Wildman–Crippen LogP) is 2.56. The van der Waals surface area contributed by atoms with Crippen LogP contribution < -0.4 is 5.73 Å². The van der Waals surface area contributed by atoms with Crippen LogP contribution in [-0.2, 0) is 11.3 Å². The lowest BCUT2D eigenvalue weighted by molar-refractivity contribution is -0.00935. The average molecular weight is 333 g/mol. The third kappa shape index (κ3) is 5.21. The summed E-state index contributed by atoms with van der Waals surface area (Å²) in [6.07, 6.45) is -0.691. The lowest BCUT2D eigenvalue weighted by Gasteiger charge is -2.47. The second-order valence-corrected chi connectivity index (χ2v) is 7.87. The predicted molar refractivity (Wildman–Crippen MR) is 96.6 cm³/mol. The lowest BCUT2D eigenvalue weighted by atomic mass is 9.75. The highest BCUT2D eigenvalue weighted by Crippen LogP contribution is 2.33. The Kier molecular flexibility index (Phi) is 6.24. The first kappa shape index (κ1) is 18.7. The van der Waals surface area contributed by atoms with Crippen molar-refractivity contribution < 1.29 is 9.53 Å². The van der Waals surface area contributed by atoms with Gasteiger partial charge in [-0.1, -0.05) is 51.1 Å². The molecule has 134 valence electrons. The second kappa shape index (κ2) is 7.99. The van der Waals surface area contributed by atoms with Crippen molar-refractivity contribution in [2.45, 2.75) is 33.4 Å². The van der Waals surface area contributed by atoms with Crippen LogP contribution >= 0.6 is 0 Å². The van der Waals surface area contributed by atoms with E-state index < -0.39 is 6.09 Å². The Hall–Kier alpha value is -1.59. The third-order valence-electron chi connectivity index (χ3n) is 5.01. The number of amides is 1. The molecular weight excluding hydrogens is 302 g/mol. The fourth-order valence-corrected chi connectivity index (χ4v) is 3.49. The minimum atomic E-state index is -0.691. The van der Waals surface area contributed by atoms with Crippen LogP contribution in [0.2, 0.25) is 0 Å². The zero-order chi connectivity index (χ0) is 17.7. The Bertz CT molecular complexity index is 527. The van der Waals surface area contributed by atoms with E-state index in [-0.39, 0.29) is 11.3 Å². The number of nitrogens with zero attached hydrogens (tertiary/aromatic N) is 2. The molecule has 5 heteroatoms. The smallest absolute Gasteiger partial charge is 0.404 e. The summed E-state index contributed by atoms with van der Waals surface area (Å²) in [5.74, 6) is 0.230. The van der Waals surface area contributed by atoms with E-state index in [0.717, 1.165) is 26.2 Å². The maximum Gasteiger partial charge on any atom is 0.404 e. The minimum Gasteiger partial charge on any atom is -0.449 e. The van der Waals surface area contributed by atoms with Crippen LogP contribution in [0.4, 0.5) is 4.79 Å². The molecule has 0 saturated carbocycles. The quantitative estimate of drug-likeness (QED) is 0.900. The summed E-state index contributed by atoms with van der Waals surface area (Å²) >= 11 is 0. The molecule has 0 aliphatic carbocycles. The van der Waals surface area contributed by atoms with E-state index in [1.54, 1.807) is 0 Å². The molecule has 1 aliphatic heterocycles. The summed E-state index contributed by atoms with van der Waals surface area (Å²) < 4.78 is 5.18. The molecular formula is C19H31N3O2. The fourth-order valence-electron chi connectivity index (χ4n) is 3.49. The molecule has 1 fully saturated rings. The van der Waals surface area contributed by atoms with Crippen molar-refractivity contribution in [3.05, 3.63) is 35.9 Å². The summed E-state index contributed by atoms with van der Waals surface area (Å²) in [5.41, 5.74) is 6.56. The van der Waals surface area contributed by atoms with Crippen LogP contribution in [0.3, 0.4) is 0 Å². The molecule has 2 atom stereocenters. The normalized spacial score (nSPS) is 21.4. The number of piperazine rings is 1. The van der Waals surface area contributed by atoms with E-state index in [0.29, 0.717) is 12.6 Å². The molecule has 2 rings (SSSR count). The first-order valence-corrected chi connectivity index (χ1v) is 8.66. The van der Waals surface area contributed by atoms with Crippen molar-refractivity contribution in [2.75, 3.05) is 33.3 Å². The molecule has 2 N–H and O–H groups in total. The first-order chi connectivity index (χ1) is 11.3. The zero-order valence-corrected chi connectivity index (χ0v) is 15.4. The Morgan fingerprint density at radius 2 is 1.96 bits per heavy atom. The Balaban J connectivity index is 2.08. The van der Waals surface area contributed by atoms with Gasteiger partial charge in [-0.15, -0.1) is 0 Å². The zero-order valence-electron chi connectivity index (χ0n) is 15.4. The van der Waals surface area contributed by atoms with Gasteiger partial charge in [-0.05, 0) is 18.0 Å². The highest BCUT2D eigenvalue weighted by Gasteiger charge is 2.38. The minimum absolute atomic E-state index is 0.0319. The van der Waals surface area contributed by atoms with Gasteiger partial charge in [0, 0.05) is 38.1 Å². The maximum absolute atomic E-state index is 11.1. The number of ether oxygens (including phenoxy) is 1. The summed E-state index contributed by atoms with van der Waals surface area (Å²) in [4.78, 5) is 16.0. The number of hydrogen-bond acceptors (Lipinski definition) is 4. The van der Waals surface area contributed by atoms with Crippen LogP contribution in [0.1, 0.15) is 26.3 Å². The highest BCUT2D eigenvalue weighted by atomic mass is 16.5. The molecule has 1 amide bonds. The maximum atomic E-state index is 11.1. The number of rotatable bonds is 5. The number of likely N-dealkylation sites (N-methyl/N-ethyl adjacent to an activating group) is 1. The molecule has 1 aromatic carbocycles. The van der Waals surface area contributed by atoms with Gasteiger partial charge in [0.05, 0.1) is 6.61 Å². The summed E-state index contributed by atoms with van der Waals surface area (Å²) in [5, 5.41) is 0. The Labute approximate surface area is 145 Å². The molecule has 0 bridgehead atoms. The van der Waals surface area contributed by atoms with Crippen molar-refractivity contribution in [2.24, 2.45) is 17.1 Å². The van der Waals surface area contributed by atoms with Crippen LogP contribution in [0.15, 0.2) is 30.3 Å². The van der Waals surface area contributed by atoms with Gasteiger partial charge in [-0.3, -0.25) is 4.90 Å². The molecule has 0 aromatic heterocycles. The van der Waals surface area contributed by atoms with Crippen molar-refractivity contribution in [3.63, 3.8) is 0 Å². The molecule has 1 aliphatic rings. The number of benzene rings is 1. The molecule has 1 saturated heterocycles. The van der Waals surface area contributed by atoms with Gasteiger partial charge in [-0.2, -0.15) is 0 Å². The van der Waals surface area contributed by atoms with Crippen LogP contribution in [0.25, 0.3) is 0 Å². The third-order valence-corrected chi connectivity index (χ3v) is 5.01. The topological polar surface area (TPSA) is 58.8 Å². The van der Waals surface area contributed by atoms with E-state index >= 15 is 0 Å². The largest absolute Gasteiger partial charge is 0.449 e. The Morgan fingerprint density at radius 3 is 2.54 bits per heavy atom. The summed E-state index contributed by atoms with van der Waals surface area (Å²) in [7, 11) is 2.16. The van der Waals surface area contributed by atoms with Crippen LogP contribution in [-0.4, -0.2) is 55.2 Å². The number of carbonyl (C=O) groups is 1. The van der Waals surface area contributed by atoms with Gasteiger partial charge in [-0.25, -0.2) is 4.79 Å². The molecule has 0 spiro atoms. The van der Waals surface area contributed by atoms with E-state index in [2.05, 4.69) is 61.9 Å². The van der Waals surface area contributed by atoms with E-state index in [1.165, 1.54) is 5.56 Å². The van der Waals surface area contributed by atoms with Gasteiger partial charge in [0.25, 0.3) is 0 Å². The molecule has 24 heavy (non-hydrogen) atoms. The average Bonchev–Trinajstić information content (AvgIpc) is 2.50. The summed E-state index contributed by atoms with van der Waals surface area (Å²) in [6, 6.07) is 10.9. The SMILES string of the molecule is CN1CCN(Cc2ccccc2)C[C@H]1C(COC(N)=O)C(C)(C)C. The fraction of sp³-hybridized carbons (Fsp3) is 0.632. The molecule has 1 unspecified atom stereocenters. The van der Waals surface area contributed by atoms with Crippen molar-refractivity contribution in [1.82, 2.24) is 9.80 Å². The molecule has 0 radical (unpaired) electrons. The van der Waals surface area contributed by atoms with Crippen LogP contribution in [0.5, 0.6) is 0 Å². The lowest BCUT2D eigenvalue weighted by Crippen LogP contribution is -2.57.